The van der Waals surface area contributed by atoms with Crippen molar-refractivity contribution in [2.75, 3.05) is 4.90 Å². The molecule has 0 spiro atoms. The molecule has 9 aromatic carbocycles. The molecule has 1 nitrogen and oxygen atoms in total. The van der Waals surface area contributed by atoms with Crippen LogP contribution >= 0.6 is 0 Å². The van der Waals surface area contributed by atoms with Crippen molar-refractivity contribution in [2.45, 2.75) is 0 Å². The van der Waals surface area contributed by atoms with E-state index in [0.29, 0.717) is 0 Å². The second-order valence-electron chi connectivity index (χ2n) is 12.6. The summed E-state index contributed by atoms with van der Waals surface area (Å²) in [5.41, 5.74) is 10.5. The van der Waals surface area contributed by atoms with Gasteiger partial charge in [-0.15, -0.1) is 0 Å². The van der Waals surface area contributed by atoms with Crippen molar-refractivity contribution in [3.63, 3.8) is 0 Å². The molecule has 0 aliphatic rings. The molecule has 0 aliphatic carbocycles. The predicted octanol–water partition coefficient (Wildman–Crippen LogP) is 13.6. The third kappa shape index (κ3) is 5.42. The number of fused-ring (bicyclic) bond motifs is 3. The predicted molar refractivity (Wildman–Crippen MR) is 210 cm³/mol. The molecule has 0 amide bonds. The zero-order valence-corrected chi connectivity index (χ0v) is 27.0. The molecule has 230 valence electrons. The molecule has 0 unspecified atom stereocenters. The summed E-state index contributed by atoms with van der Waals surface area (Å²) >= 11 is 0. The Balaban J connectivity index is 1.31. The summed E-state index contributed by atoms with van der Waals surface area (Å²) in [6.07, 6.45) is 0. The monoisotopic (exact) mass is 623 g/mol. The van der Waals surface area contributed by atoms with Gasteiger partial charge >= 0.3 is 0 Å². The Bertz CT molecular complexity index is 2590. The number of benzene rings is 9. The van der Waals surface area contributed by atoms with Crippen molar-refractivity contribution in [1.29, 1.82) is 0 Å². The number of rotatable bonds is 6. The summed E-state index contributed by atoms with van der Waals surface area (Å²) < 4.78 is 0. The Labute approximate surface area is 287 Å². The minimum atomic E-state index is 1.11. The van der Waals surface area contributed by atoms with Crippen molar-refractivity contribution in [3.8, 4) is 33.4 Å². The first kappa shape index (κ1) is 28.8. The SMILES string of the molecule is c1ccc(-c2ccc(N(c3cc(-c4ccc5ccccc5c4)ccc3-c3ccc4ccccc4c3)c3cccc4ccccc34)cc2)cc1. The lowest BCUT2D eigenvalue weighted by Crippen LogP contribution is -2.12. The molecule has 49 heavy (non-hydrogen) atoms. The van der Waals surface area contributed by atoms with Gasteiger partial charge in [0.15, 0.2) is 0 Å². The van der Waals surface area contributed by atoms with Gasteiger partial charge in [-0.3, -0.25) is 0 Å². The van der Waals surface area contributed by atoms with Gasteiger partial charge < -0.3 is 4.90 Å². The molecule has 0 fully saturated rings. The van der Waals surface area contributed by atoms with E-state index < -0.39 is 0 Å². The summed E-state index contributed by atoms with van der Waals surface area (Å²) in [5.74, 6) is 0. The molecule has 9 rings (SSSR count). The van der Waals surface area contributed by atoms with Gasteiger partial charge in [-0.1, -0.05) is 164 Å². The molecule has 0 atom stereocenters. The highest BCUT2D eigenvalue weighted by Crippen LogP contribution is 2.46. The highest BCUT2D eigenvalue weighted by Gasteiger charge is 2.21. The molecule has 0 N–H and O–H groups in total. The number of hydrogen-bond donors (Lipinski definition) is 0. The summed E-state index contributed by atoms with van der Waals surface area (Å²) in [6, 6.07) is 72.7. The van der Waals surface area contributed by atoms with Crippen molar-refractivity contribution in [2.24, 2.45) is 0 Å². The fraction of sp³-hybridized carbons (Fsp3) is 0. The average molecular weight is 624 g/mol. The molecule has 0 aromatic heterocycles. The molecule has 0 heterocycles. The quantitative estimate of drug-likeness (QED) is 0.178. The fourth-order valence-electron chi connectivity index (χ4n) is 7.11. The molecule has 1 heteroatoms. The highest BCUT2D eigenvalue weighted by molar-refractivity contribution is 6.02. The van der Waals surface area contributed by atoms with Gasteiger partial charge in [0, 0.05) is 16.6 Å². The smallest absolute Gasteiger partial charge is 0.0546 e. The molecular formula is C48H33N. The van der Waals surface area contributed by atoms with Crippen LogP contribution in [0.1, 0.15) is 0 Å². The van der Waals surface area contributed by atoms with Gasteiger partial charge in [-0.25, -0.2) is 0 Å². The van der Waals surface area contributed by atoms with Gasteiger partial charge in [-0.05, 0) is 91.1 Å². The van der Waals surface area contributed by atoms with Crippen LogP contribution in [-0.4, -0.2) is 0 Å². The normalized spacial score (nSPS) is 11.3. The van der Waals surface area contributed by atoms with Gasteiger partial charge in [0.25, 0.3) is 0 Å². The van der Waals surface area contributed by atoms with Gasteiger partial charge in [0.05, 0.1) is 11.4 Å². The Kier molecular flexibility index (Phi) is 7.22. The van der Waals surface area contributed by atoms with E-state index in [9.17, 15) is 0 Å². The van der Waals surface area contributed by atoms with Crippen LogP contribution < -0.4 is 4.90 Å². The van der Waals surface area contributed by atoms with E-state index in [-0.39, 0.29) is 0 Å². The zero-order valence-electron chi connectivity index (χ0n) is 27.0. The molecule has 0 aliphatic heterocycles. The van der Waals surface area contributed by atoms with Crippen LogP contribution in [0.15, 0.2) is 200 Å². The Hall–Kier alpha value is -6.44. The fourth-order valence-corrected chi connectivity index (χ4v) is 7.11. The number of hydrogen-bond acceptors (Lipinski definition) is 1. The van der Waals surface area contributed by atoms with Crippen molar-refractivity contribution < 1.29 is 0 Å². The second-order valence-corrected chi connectivity index (χ2v) is 12.6. The molecule has 0 saturated carbocycles. The largest absolute Gasteiger partial charge is 0.309 e. The van der Waals surface area contributed by atoms with E-state index >= 15 is 0 Å². The summed E-state index contributed by atoms with van der Waals surface area (Å²) in [5, 5.41) is 7.37. The third-order valence-corrected chi connectivity index (χ3v) is 9.62. The van der Waals surface area contributed by atoms with E-state index in [1.807, 2.05) is 0 Å². The van der Waals surface area contributed by atoms with Crippen LogP contribution in [0.25, 0.3) is 65.7 Å². The summed E-state index contributed by atoms with van der Waals surface area (Å²) in [4.78, 5) is 2.45. The topological polar surface area (TPSA) is 3.24 Å². The Morgan fingerprint density at radius 3 is 1.51 bits per heavy atom. The standard InChI is InChI=1S/C48H33N/c1-2-11-34(12-3-1)37-25-28-44(29-26-37)49(47-20-10-18-38-15-8-9-19-45(38)47)48-33-42(41-23-21-35-13-4-6-16-39(35)31-41)27-30-46(48)43-24-22-36-14-5-7-17-40(36)32-43/h1-33H. The lowest BCUT2D eigenvalue weighted by Gasteiger charge is -2.30. The third-order valence-electron chi connectivity index (χ3n) is 9.62. The highest BCUT2D eigenvalue weighted by atomic mass is 15.1. The first-order chi connectivity index (χ1) is 24.3. The molecule has 9 aromatic rings. The van der Waals surface area contributed by atoms with E-state index in [2.05, 4.69) is 205 Å². The zero-order chi connectivity index (χ0) is 32.6. The average Bonchev–Trinajstić information content (AvgIpc) is 3.18. The summed E-state index contributed by atoms with van der Waals surface area (Å²) in [6.45, 7) is 0. The van der Waals surface area contributed by atoms with E-state index in [1.165, 1.54) is 65.7 Å². The van der Waals surface area contributed by atoms with E-state index in [0.717, 1.165) is 17.1 Å². The maximum absolute atomic E-state index is 2.45. The Morgan fingerprint density at radius 2 is 0.776 bits per heavy atom. The van der Waals surface area contributed by atoms with Crippen molar-refractivity contribution >= 4 is 49.4 Å². The minimum Gasteiger partial charge on any atom is -0.309 e. The van der Waals surface area contributed by atoms with Crippen molar-refractivity contribution in [3.05, 3.63) is 200 Å². The van der Waals surface area contributed by atoms with Gasteiger partial charge in [0.2, 0.25) is 0 Å². The van der Waals surface area contributed by atoms with E-state index in [1.54, 1.807) is 0 Å². The maximum atomic E-state index is 2.45. The molecular weight excluding hydrogens is 591 g/mol. The van der Waals surface area contributed by atoms with E-state index in [4.69, 9.17) is 0 Å². The van der Waals surface area contributed by atoms with Gasteiger partial charge in [0.1, 0.15) is 0 Å². The maximum Gasteiger partial charge on any atom is 0.0546 e. The molecule has 0 bridgehead atoms. The minimum absolute atomic E-state index is 1.11. The number of anilines is 3. The van der Waals surface area contributed by atoms with Gasteiger partial charge in [-0.2, -0.15) is 0 Å². The first-order valence-corrected chi connectivity index (χ1v) is 16.8. The summed E-state index contributed by atoms with van der Waals surface area (Å²) in [7, 11) is 0. The number of nitrogens with zero attached hydrogens (tertiary/aromatic N) is 1. The lowest BCUT2D eigenvalue weighted by atomic mass is 9.94. The van der Waals surface area contributed by atoms with Crippen molar-refractivity contribution in [1.82, 2.24) is 0 Å². The Morgan fingerprint density at radius 1 is 0.265 bits per heavy atom. The van der Waals surface area contributed by atoms with Crippen LogP contribution in [0, 0.1) is 0 Å². The first-order valence-electron chi connectivity index (χ1n) is 16.8. The second kappa shape index (κ2) is 12.3. The van der Waals surface area contributed by atoms with Crippen LogP contribution in [0.4, 0.5) is 17.1 Å². The molecule has 0 saturated heterocycles. The van der Waals surface area contributed by atoms with Crippen LogP contribution in [-0.2, 0) is 0 Å². The van der Waals surface area contributed by atoms with Crippen LogP contribution in [0.3, 0.4) is 0 Å². The van der Waals surface area contributed by atoms with Crippen LogP contribution in [0.5, 0.6) is 0 Å². The molecule has 0 radical (unpaired) electrons. The van der Waals surface area contributed by atoms with Crippen LogP contribution in [0.2, 0.25) is 0 Å². The lowest BCUT2D eigenvalue weighted by molar-refractivity contribution is 1.30.